The smallest absolute Gasteiger partial charge is 0.407 e. The highest BCUT2D eigenvalue weighted by Crippen LogP contribution is 2.19. The Kier molecular flexibility index (Phi) is 16.7. The molecule has 1 atom stereocenters. The van der Waals surface area contributed by atoms with Crippen LogP contribution in [0.2, 0.25) is 0 Å². The second kappa shape index (κ2) is 20.4. The van der Waals surface area contributed by atoms with Gasteiger partial charge in [0.1, 0.15) is 5.60 Å². The van der Waals surface area contributed by atoms with Crippen LogP contribution in [0.15, 0.2) is 91.0 Å². The molecule has 44 heavy (non-hydrogen) atoms. The van der Waals surface area contributed by atoms with Crippen LogP contribution < -0.4 is 10.6 Å². The van der Waals surface area contributed by atoms with Gasteiger partial charge in [-0.05, 0) is 37.5 Å². The number of rotatable bonds is 19. The standard InChI is InChI=1S/C35H47N3O3S3/c1-35(2,3)41-34(40)37-20-19-36-33(39)32(28-44-27-31-17-11-6-12-18-31)38(21-23-42-25-29-13-7-4-8-14-29)22-24-43-26-30-15-9-5-10-16-30/h4-18,32H,19-28H2,1-3H3,(H,36,39)(H,37,40). The molecule has 6 nitrogen and oxygen atoms in total. The van der Waals surface area contributed by atoms with Crippen LogP contribution in [0.25, 0.3) is 0 Å². The molecule has 0 aliphatic rings. The minimum absolute atomic E-state index is 0.00216. The quantitative estimate of drug-likeness (QED) is 0.134. The number of hydrogen-bond acceptors (Lipinski definition) is 7. The van der Waals surface area contributed by atoms with E-state index >= 15 is 0 Å². The summed E-state index contributed by atoms with van der Waals surface area (Å²) in [5.41, 5.74) is 3.31. The largest absolute Gasteiger partial charge is 0.444 e. The molecular weight excluding hydrogens is 607 g/mol. The van der Waals surface area contributed by atoms with Crippen molar-refractivity contribution in [2.45, 2.75) is 49.7 Å². The van der Waals surface area contributed by atoms with E-state index in [4.69, 9.17) is 4.74 Å². The number of ether oxygens (including phenoxy) is 1. The predicted molar refractivity (Wildman–Crippen MR) is 190 cm³/mol. The number of nitrogens with zero attached hydrogens (tertiary/aromatic N) is 1. The molecule has 0 spiro atoms. The fraction of sp³-hybridized carbons (Fsp3) is 0.429. The van der Waals surface area contributed by atoms with Crippen LogP contribution >= 0.6 is 35.3 Å². The van der Waals surface area contributed by atoms with Crippen LogP contribution in [0.4, 0.5) is 4.79 Å². The van der Waals surface area contributed by atoms with E-state index < -0.39 is 11.7 Å². The van der Waals surface area contributed by atoms with Crippen molar-refractivity contribution in [1.29, 1.82) is 0 Å². The number of amides is 2. The van der Waals surface area contributed by atoms with Crippen molar-refractivity contribution in [2.75, 3.05) is 43.4 Å². The summed E-state index contributed by atoms with van der Waals surface area (Å²) in [7, 11) is 0. The van der Waals surface area contributed by atoms with Crippen LogP contribution in [-0.2, 0) is 26.8 Å². The fourth-order valence-corrected chi connectivity index (χ4v) is 7.31. The van der Waals surface area contributed by atoms with Crippen molar-refractivity contribution in [3.8, 4) is 0 Å². The minimum atomic E-state index is -0.564. The third kappa shape index (κ3) is 15.4. The maximum atomic E-state index is 13.7. The van der Waals surface area contributed by atoms with Gasteiger partial charge in [0.25, 0.3) is 0 Å². The molecule has 2 amide bonds. The molecule has 3 rings (SSSR count). The molecule has 0 aliphatic heterocycles. The fourth-order valence-electron chi connectivity index (χ4n) is 4.31. The van der Waals surface area contributed by atoms with Gasteiger partial charge < -0.3 is 15.4 Å². The second-order valence-corrected chi connectivity index (χ2v) is 14.6. The van der Waals surface area contributed by atoms with Gasteiger partial charge in [-0.3, -0.25) is 9.69 Å². The van der Waals surface area contributed by atoms with Gasteiger partial charge in [-0.25, -0.2) is 4.79 Å². The van der Waals surface area contributed by atoms with Crippen molar-refractivity contribution >= 4 is 47.3 Å². The van der Waals surface area contributed by atoms with E-state index in [1.54, 1.807) is 11.8 Å². The zero-order chi connectivity index (χ0) is 31.5. The van der Waals surface area contributed by atoms with E-state index in [1.165, 1.54) is 16.7 Å². The zero-order valence-electron chi connectivity index (χ0n) is 26.2. The molecule has 3 aromatic rings. The molecule has 0 saturated heterocycles. The Morgan fingerprint density at radius 2 is 1.11 bits per heavy atom. The average molecular weight is 654 g/mol. The summed E-state index contributed by atoms with van der Waals surface area (Å²) in [5.74, 6) is 5.31. The lowest BCUT2D eigenvalue weighted by atomic mass is 10.2. The van der Waals surface area contributed by atoms with E-state index in [0.29, 0.717) is 18.8 Å². The van der Waals surface area contributed by atoms with Gasteiger partial charge in [0.15, 0.2) is 0 Å². The van der Waals surface area contributed by atoms with Gasteiger partial charge in [0, 0.05) is 60.7 Å². The Balaban J connectivity index is 1.62. The van der Waals surface area contributed by atoms with Crippen LogP contribution in [-0.4, -0.2) is 72.0 Å². The third-order valence-electron chi connectivity index (χ3n) is 6.49. The van der Waals surface area contributed by atoms with E-state index in [9.17, 15) is 9.59 Å². The Bertz CT molecular complexity index is 1160. The zero-order valence-corrected chi connectivity index (χ0v) is 28.7. The van der Waals surface area contributed by atoms with Gasteiger partial charge >= 0.3 is 6.09 Å². The Hall–Kier alpha value is -2.59. The summed E-state index contributed by atoms with van der Waals surface area (Å²) >= 11 is 5.59. The lowest BCUT2D eigenvalue weighted by molar-refractivity contribution is -0.125. The van der Waals surface area contributed by atoms with Gasteiger partial charge in [-0.15, -0.1) is 0 Å². The first-order valence-electron chi connectivity index (χ1n) is 15.1. The molecule has 0 fully saturated rings. The van der Waals surface area contributed by atoms with Crippen molar-refractivity contribution in [3.63, 3.8) is 0 Å². The molecule has 238 valence electrons. The van der Waals surface area contributed by atoms with Crippen molar-refractivity contribution in [2.24, 2.45) is 0 Å². The Labute approximate surface area is 276 Å². The van der Waals surface area contributed by atoms with E-state index in [-0.39, 0.29) is 11.9 Å². The molecule has 0 aromatic heterocycles. The second-order valence-electron chi connectivity index (χ2n) is 11.3. The number of alkyl carbamates (subject to hydrolysis) is 1. The summed E-state index contributed by atoms with van der Waals surface area (Å²) in [6.45, 7) is 7.79. The number of carbonyl (C=O) groups is 2. The molecule has 0 saturated carbocycles. The third-order valence-corrected chi connectivity index (χ3v) is 9.60. The Morgan fingerprint density at radius 1 is 0.682 bits per heavy atom. The topological polar surface area (TPSA) is 70.7 Å². The normalized spacial score (nSPS) is 12.1. The molecule has 1 unspecified atom stereocenters. The monoisotopic (exact) mass is 653 g/mol. The molecule has 9 heteroatoms. The predicted octanol–water partition coefficient (Wildman–Crippen LogP) is 7.10. The Morgan fingerprint density at radius 3 is 1.57 bits per heavy atom. The van der Waals surface area contributed by atoms with Crippen LogP contribution in [0.3, 0.4) is 0 Å². The van der Waals surface area contributed by atoms with Crippen molar-refractivity contribution < 1.29 is 14.3 Å². The first-order chi connectivity index (χ1) is 21.3. The van der Waals surface area contributed by atoms with Gasteiger partial charge in [0.2, 0.25) is 5.91 Å². The highest BCUT2D eigenvalue weighted by molar-refractivity contribution is 7.99. The molecular formula is C35H47N3O3S3. The summed E-state index contributed by atoms with van der Waals surface area (Å²) in [6, 6.07) is 31.1. The maximum absolute atomic E-state index is 13.7. The molecule has 0 aliphatic carbocycles. The van der Waals surface area contributed by atoms with E-state index in [1.807, 2.05) is 62.5 Å². The van der Waals surface area contributed by atoms with Gasteiger partial charge in [-0.2, -0.15) is 35.3 Å². The van der Waals surface area contributed by atoms with Crippen molar-refractivity contribution in [1.82, 2.24) is 15.5 Å². The number of carbonyl (C=O) groups excluding carboxylic acids is 2. The summed E-state index contributed by atoms with van der Waals surface area (Å²) in [5, 5.41) is 5.83. The first kappa shape index (κ1) is 35.9. The first-order valence-corrected chi connectivity index (χ1v) is 18.6. The number of thioether (sulfide) groups is 3. The van der Waals surface area contributed by atoms with Crippen molar-refractivity contribution in [3.05, 3.63) is 108 Å². The number of hydrogen-bond donors (Lipinski definition) is 2. The lowest BCUT2D eigenvalue weighted by Gasteiger charge is -2.31. The highest BCUT2D eigenvalue weighted by Gasteiger charge is 2.26. The van der Waals surface area contributed by atoms with Crippen LogP contribution in [0.5, 0.6) is 0 Å². The summed E-state index contributed by atoms with van der Waals surface area (Å²) < 4.78 is 5.32. The number of benzene rings is 3. The molecule has 0 radical (unpaired) electrons. The summed E-state index contributed by atoms with van der Waals surface area (Å²) in [4.78, 5) is 28.1. The van der Waals surface area contributed by atoms with Gasteiger partial charge in [0.05, 0.1) is 6.04 Å². The highest BCUT2D eigenvalue weighted by atomic mass is 32.2. The van der Waals surface area contributed by atoms with Gasteiger partial charge in [-0.1, -0.05) is 91.0 Å². The average Bonchev–Trinajstić information content (AvgIpc) is 3.01. The van der Waals surface area contributed by atoms with E-state index in [0.717, 1.165) is 41.9 Å². The minimum Gasteiger partial charge on any atom is -0.444 e. The number of nitrogens with one attached hydrogen (secondary N) is 2. The lowest BCUT2D eigenvalue weighted by Crippen LogP contribution is -2.51. The van der Waals surface area contributed by atoms with Crippen LogP contribution in [0.1, 0.15) is 37.5 Å². The maximum Gasteiger partial charge on any atom is 0.407 e. The summed E-state index contributed by atoms with van der Waals surface area (Å²) in [6.07, 6.45) is -0.478. The molecule has 0 bridgehead atoms. The molecule has 0 heterocycles. The molecule has 3 aromatic carbocycles. The molecule has 2 N–H and O–H groups in total. The van der Waals surface area contributed by atoms with E-state index in [2.05, 4.69) is 88.3 Å². The van der Waals surface area contributed by atoms with Crippen LogP contribution in [0, 0.1) is 0 Å². The SMILES string of the molecule is CC(C)(C)OC(=O)NCCNC(=O)C(CSCc1ccccc1)N(CCSCc1ccccc1)CCSCc1ccccc1.